The summed E-state index contributed by atoms with van der Waals surface area (Å²) in [6.07, 6.45) is 2.82. The van der Waals surface area contributed by atoms with Gasteiger partial charge in [-0.25, -0.2) is 0 Å². The Labute approximate surface area is 172 Å². The van der Waals surface area contributed by atoms with Gasteiger partial charge in [-0.2, -0.15) is 9.50 Å². The van der Waals surface area contributed by atoms with Crippen molar-refractivity contribution in [2.75, 3.05) is 13.2 Å². The number of benzene rings is 2. The summed E-state index contributed by atoms with van der Waals surface area (Å²) in [6.45, 7) is 5.32. The van der Waals surface area contributed by atoms with Crippen LogP contribution >= 0.6 is 11.3 Å². The molecule has 0 unspecified atom stereocenters. The molecule has 2 aromatic carbocycles. The predicted octanol–water partition coefficient (Wildman–Crippen LogP) is 3.55. The van der Waals surface area contributed by atoms with E-state index < -0.39 is 0 Å². The minimum atomic E-state index is -0.166. The molecule has 0 bridgehead atoms. The Morgan fingerprint density at radius 1 is 1.00 bits per heavy atom. The number of fused-ring (bicyclic) bond motifs is 1. The summed E-state index contributed by atoms with van der Waals surface area (Å²) in [4.78, 5) is 17.8. The van der Waals surface area contributed by atoms with E-state index in [0.29, 0.717) is 28.5 Å². The summed E-state index contributed by atoms with van der Waals surface area (Å²) in [5.41, 5.74) is 1.61. The van der Waals surface area contributed by atoms with E-state index >= 15 is 0 Å². The summed E-state index contributed by atoms with van der Waals surface area (Å²) >= 11 is 1.33. The summed E-state index contributed by atoms with van der Waals surface area (Å²) in [6, 6.07) is 15.2. The van der Waals surface area contributed by atoms with E-state index in [4.69, 9.17) is 9.47 Å². The van der Waals surface area contributed by atoms with Crippen molar-refractivity contribution in [3.8, 4) is 22.9 Å². The Morgan fingerprint density at radius 3 is 2.34 bits per heavy atom. The zero-order valence-corrected chi connectivity index (χ0v) is 17.1. The van der Waals surface area contributed by atoms with Crippen LogP contribution in [0.2, 0.25) is 0 Å². The molecule has 0 aliphatic carbocycles. The van der Waals surface area contributed by atoms with Crippen molar-refractivity contribution in [3.63, 3.8) is 0 Å². The largest absolute Gasteiger partial charge is 0.494 e. The fourth-order valence-corrected chi connectivity index (χ4v) is 3.76. The highest BCUT2D eigenvalue weighted by molar-refractivity contribution is 7.15. The zero-order valence-electron chi connectivity index (χ0n) is 16.3. The summed E-state index contributed by atoms with van der Waals surface area (Å²) in [7, 11) is 0. The molecular weight excluding hydrogens is 386 g/mol. The molecule has 0 spiro atoms. The lowest BCUT2D eigenvalue weighted by atomic mass is 10.2. The van der Waals surface area contributed by atoms with Gasteiger partial charge >= 0.3 is 0 Å². The van der Waals surface area contributed by atoms with Crippen LogP contribution < -0.4 is 19.6 Å². The minimum Gasteiger partial charge on any atom is -0.494 e. The predicted molar refractivity (Wildman–Crippen MR) is 115 cm³/mol. The molecule has 148 valence electrons. The molecule has 6 nitrogen and oxygen atoms in total. The molecule has 2 aromatic heterocycles. The van der Waals surface area contributed by atoms with Crippen LogP contribution in [0, 0.1) is 0 Å². The van der Waals surface area contributed by atoms with Gasteiger partial charge < -0.3 is 9.47 Å². The molecular formula is C22H21N3O3S. The molecule has 0 atom stereocenters. The van der Waals surface area contributed by atoms with Gasteiger partial charge in [0.1, 0.15) is 11.5 Å². The molecule has 7 heteroatoms. The summed E-state index contributed by atoms with van der Waals surface area (Å²) in [5.74, 6) is 2.15. The molecule has 0 fully saturated rings. The van der Waals surface area contributed by atoms with Gasteiger partial charge in [-0.05, 0) is 61.4 Å². The monoisotopic (exact) mass is 407 g/mol. The number of nitrogens with zero attached hydrogens (tertiary/aromatic N) is 3. The average Bonchev–Trinajstić information content (AvgIpc) is 3.28. The van der Waals surface area contributed by atoms with Gasteiger partial charge in [-0.3, -0.25) is 4.79 Å². The Bertz CT molecular complexity index is 1210. The normalized spacial score (nSPS) is 11.9. The van der Waals surface area contributed by atoms with Crippen molar-refractivity contribution >= 4 is 22.4 Å². The Balaban J connectivity index is 1.61. The maximum atomic E-state index is 12.7. The Hall–Kier alpha value is -3.19. The molecule has 0 saturated heterocycles. The third-order valence-electron chi connectivity index (χ3n) is 4.26. The lowest BCUT2D eigenvalue weighted by Gasteiger charge is -2.03. The van der Waals surface area contributed by atoms with Crippen molar-refractivity contribution in [2.45, 2.75) is 20.3 Å². The van der Waals surface area contributed by atoms with E-state index in [1.807, 2.05) is 61.5 Å². The van der Waals surface area contributed by atoms with Gasteiger partial charge in [0.05, 0.1) is 17.7 Å². The average molecular weight is 407 g/mol. The molecule has 29 heavy (non-hydrogen) atoms. The maximum Gasteiger partial charge on any atom is 0.291 e. The fourth-order valence-electron chi connectivity index (χ4n) is 2.85. The van der Waals surface area contributed by atoms with Crippen LogP contribution in [0.15, 0.2) is 53.3 Å². The first kappa shape index (κ1) is 19.1. The molecule has 0 radical (unpaired) electrons. The smallest absolute Gasteiger partial charge is 0.291 e. The van der Waals surface area contributed by atoms with Crippen molar-refractivity contribution < 1.29 is 9.47 Å². The van der Waals surface area contributed by atoms with Crippen LogP contribution in [0.4, 0.5) is 0 Å². The zero-order chi connectivity index (χ0) is 20.2. The number of thiazole rings is 1. The van der Waals surface area contributed by atoms with Gasteiger partial charge in [0.25, 0.3) is 5.56 Å². The van der Waals surface area contributed by atoms with E-state index in [2.05, 4.69) is 17.0 Å². The first-order valence-electron chi connectivity index (χ1n) is 9.55. The van der Waals surface area contributed by atoms with Gasteiger partial charge in [-0.1, -0.05) is 30.4 Å². The summed E-state index contributed by atoms with van der Waals surface area (Å²) in [5, 5.41) is 4.39. The lowest BCUT2D eigenvalue weighted by Crippen LogP contribution is -2.23. The SMILES string of the molecule is CCCOc1ccc(/C=c2/sc3nc(-c4ccc(OCC)cc4)nn3c2=O)cc1. The molecule has 0 saturated carbocycles. The van der Waals surface area contributed by atoms with Gasteiger partial charge in [0.15, 0.2) is 5.82 Å². The van der Waals surface area contributed by atoms with Crippen LogP contribution in [0.25, 0.3) is 22.4 Å². The molecule has 2 heterocycles. The maximum absolute atomic E-state index is 12.7. The van der Waals surface area contributed by atoms with Crippen molar-refractivity contribution in [3.05, 3.63) is 69.0 Å². The number of aromatic nitrogens is 3. The van der Waals surface area contributed by atoms with Crippen LogP contribution in [0.3, 0.4) is 0 Å². The Morgan fingerprint density at radius 2 is 1.69 bits per heavy atom. The van der Waals surface area contributed by atoms with E-state index in [1.165, 1.54) is 15.9 Å². The van der Waals surface area contributed by atoms with Crippen LogP contribution in [0.5, 0.6) is 11.5 Å². The highest BCUT2D eigenvalue weighted by Crippen LogP contribution is 2.20. The van der Waals surface area contributed by atoms with Crippen molar-refractivity contribution in [2.24, 2.45) is 0 Å². The van der Waals surface area contributed by atoms with Crippen LogP contribution in [-0.2, 0) is 0 Å². The number of hydrogen-bond donors (Lipinski definition) is 0. The topological polar surface area (TPSA) is 65.7 Å². The first-order chi connectivity index (χ1) is 14.2. The second-order valence-electron chi connectivity index (χ2n) is 6.42. The van der Waals surface area contributed by atoms with Crippen LogP contribution in [0.1, 0.15) is 25.8 Å². The standard InChI is InChI=1S/C22H21N3O3S/c1-3-13-28-18-9-5-15(6-10-18)14-19-21(26)25-22(29-19)23-20(24-25)16-7-11-17(12-8-16)27-4-2/h5-12,14H,3-4,13H2,1-2H3/b19-14+. The van der Waals surface area contributed by atoms with Crippen molar-refractivity contribution in [1.29, 1.82) is 0 Å². The third kappa shape index (κ3) is 4.14. The van der Waals surface area contributed by atoms with Gasteiger partial charge in [0.2, 0.25) is 4.96 Å². The van der Waals surface area contributed by atoms with E-state index in [9.17, 15) is 4.79 Å². The van der Waals surface area contributed by atoms with Gasteiger partial charge in [-0.15, -0.1) is 5.10 Å². The minimum absolute atomic E-state index is 0.166. The quantitative estimate of drug-likeness (QED) is 0.469. The second-order valence-corrected chi connectivity index (χ2v) is 7.43. The fraction of sp³-hybridized carbons (Fsp3) is 0.227. The molecule has 0 aliphatic rings. The van der Waals surface area contributed by atoms with E-state index in [-0.39, 0.29) is 5.56 Å². The number of rotatable bonds is 7. The number of ether oxygens (including phenoxy) is 2. The van der Waals surface area contributed by atoms with Crippen molar-refractivity contribution in [1.82, 2.24) is 14.6 Å². The first-order valence-corrected chi connectivity index (χ1v) is 10.4. The van der Waals surface area contributed by atoms with E-state index in [1.54, 1.807) is 0 Å². The molecule has 0 aliphatic heterocycles. The molecule has 4 aromatic rings. The molecule has 0 N–H and O–H groups in total. The number of hydrogen-bond acceptors (Lipinski definition) is 6. The third-order valence-corrected chi connectivity index (χ3v) is 5.22. The van der Waals surface area contributed by atoms with E-state index in [0.717, 1.165) is 29.0 Å². The summed E-state index contributed by atoms with van der Waals surface area (Å²) < 4.78 is 13.0. The van der Waals surface area contributed by atoms with Gasteiger partial charge in [0, 0.05) is 5.56 Å². The highest BCUT2D eigenvalue weighted by atomic mass is 32.1. The molecule has 0 amide bonds. The lowest BCUT2D eigenvalue weighted by molar-refractivity contribution is 0.317. The highest BCUT2D eigenvalue weighted by Gasteiger charge is 2.12. The van der Waals surface area contributed by atoms with Crippen LogP contribution in [-0.4, -0.2) is 27.8 Å². The molecule has 4 rings (SSSR count). The second kappa shape index (κ2) is 8.45. The Kier molecular flexibility index (Phi) is 5.57.